The van der Waals surface area contributed by atoms with Gasteiger partial charge in [0, 0.05) is 19.3 Å². The van der Waals surface area contributed by atoms with Crippen LogP contribution in [-0.4, -0.2) is 18.7 Å². The number of aliphatic hydroxyl groups is 1. The van der Waals surface area contributed by atoms with Gasteiger partial charge in [-0.15, -0.1) is 0 Å². The number of benzene rings is 1. The van der Waals surface area contributed by atoms with Gasteiger partial charge in [-0.05, 0) is 36.0 Å². The van der Waals surface area contributed by atoms with E-state index >= 15 is 0 Å². The molecule has 0 aromatic heterocycles. The highest BCUT2D eigenvalue weighted by atomic mass is 16.3. The topological polar surface area (TPSA) is 23.5 Å². The predicted octanol–water partition coefficient (Wildman–Crippen LogP) is 2.76. The Hall–Kier alpha value is -1.02. The highest BCUT2D eigenvalue weighted by molar-refractivity contribution is 5.56. The molecule has 1 aromatic rings. The quantitative estimate of drug-likeness (QED) is 0.826. The average molecular weight is 219 g/mol. The maximum atomic E-state index is 10.1. The lowest BCUT2D eigenvalue weighted by molar-refractivity contribution is 0.127. The van der Waals surface area contributed by atoms with Crippen LogP contribution in [0, 0.1) is 5.92 Å². The third kappa shape index (κ3) is 2.07. The summed E-state index contributed by atoms with van der Waals surface area (Å²) in [7, 11) is 2.14. The van der Waals surface area contributed by atoms with Gasteiger partial charge in [0.1, 0.15) is 0 Å². The molecule has 0 fully saturated rings. The third-order valence-electron chi connectivity index (χ3n) is 3.43. The van der Waals surface area contributed by atoms with E-state index in [1.165, 1.54) is 17.7 Å². The molecule has 0 amide bonds. The summed E-state index contributed by atoms with van der Waals surface area (Å²) in [6.45, 7) is 5.24. The average Bonchev–Trinajstić information content (AvgIpc) is 2.28. The van der Waals surface area contributed by atoms with Crippen LogP contribution in [0.15, 0.2) is 18.2 Å². The zero-order valence-electron chi connectivity index (χ0n) is 10.4. The van der Waals surface area contributed by atoms with Gasteiger partial charge in [-0.25, -0.2) is 0 Å². The molecule has 2 heteroatoms. The van der Waals surface area contributed by atoms with Crippen molar-refractivity contribution in [3.8, 4) is 0 Å². The van der Waals surface area contributed by atoms with Crippen LogP contribution in [0.4, 0.5) is 5.69 Å². The number of aliphatic hydroxyl groups excluding tert-OH is 1. The van der Waals surface area contributed by atoms with Crippen molar-refractivity contribution < 1.29 is 5.11 Å². The summed E-state index contributed by atoms with van der Waals surface area (Å²) in [5.41, 5.74) is 3.76. The third-order valence-corrected chi connectivity index (χ3v) is 3.43. The number of nitrogens with zero attached hydrogens (tertiary/aromatic N) is 1. The summed E-state index contributed by atoms with van der Waals surface area (Å²) >= 11 is 0. The maximum Gasteiger partial charge on any atom is 0.0813 e. The molecule has 1 N–H and O–H groups in total. The van der Waals surface area contributed by atoms with E-state index in [2.05, 4.69) is 44.0 Å². The van der Waals surface area contributed by atoms with Crippen LogP contribution in [0.2, 0.25) is 0 Å². The summed E-state index contributed by atoms with van der Waals surface area (Å²) in [6.07, 6.45) is 2.01. The smallest absolute Gasteiger partial charge is 0.0813 e. The van der Waals surface area contributed by atoms with Gasteiger partial charge in [-0.1, -0.05) is 26.0 Å². The molecule has 0 bridgehead atoms. The largest absolute Gasteiger partial charge is 0.388 e. The van der Waals surface area contributed by atoms with E-state index in [-0.39, 0.29) is 12.0 Å². The Bertz CT molecular complexity index is 373. The summed E-state index contributed by atoms with van der Waals surface area (Å²) < 4.78 is 0. The molecule has 88 valence electrons. The van der Waals surface area contributed by atoms with E-state index < -0.39 is 0 Å². The number of rotatable bonds is 2. The van der Waals surface area contributed by atoms with Crippen molar-refractivity contribution in [3.05, 3.63) is 29.3 Å². The number of hydrogen-bond donors (Lipinski definition) is 1. The second-order valence-corrected chi connectivity index (χ2v) is 5.10. The molecule has 0 saturated carbocycles. The number of aryl methyl sites for hydroxylation is 1. The Morgan fingerprint density at radius 3 is 2.75 bits per heavy atom. The van der Waals surface area contributed by atoms with Crippen molar-refractivity contribution in [2.24, 2.45) is 5.92 Å². The molecule has 1 aliphatic rings. The highest BCUT2D eigenvalue weighted by Crippen LogP contribution is 2.30. The summed E-state index contributed by atoms with van der Waals surface area (Å²) in [4.78, 5) is 2.30. The number of fused-ring (bicyclic) bond motifs is 1. The van der Waals surface area contributed by atoms with Gasteiger partial charge in [0.15, 0.2) is 0 Å². The fraction of sp³-hybridized carbons (Fsp3) is 0.571. The Morgan fingerprint density at radius 1 is 1.31 bits per heavy atom. The van der Waals surface area contributed by atoms with E-state index in [0.29, 0.717) is 0 Å². The van der Waals surface area contributed by atoms with Gasteiger partial charge in [0.2, 0.25) is 0 Å². The highest BCUT2D eigenvalue weighted by Gasteiger charge is 2.17. The van der Waals surface area contributed by atoms with Crippen molar-refractivity contribution in [1.29, 1.82) is 0 Å². The molecule has 1 aromatic carbocycles. The minimum atomic E-state index is -0.336. The van der Waals surface area contributed by atoms with Crippen molar-refractivity contribution in [3.63, 3.8) is 0 Å². The lowest BCUT2D eigenvalue weighted by atomic mass is 9.94. The zero-order chi connectivity index (χ0) is 11.7. The summed E-state index contributed by atoms with van der Waals surface area (Å²) in [6, 6.07) is 6.39. The first-order valence-corrected chi connectivity index (χ1v) is 6.11. The molecule has 1 heterocycles. The maximum absolute atomic E-state index is 10.1. The van der Waals surface area contributed by atoms with E-state index in [4.69, 9.17) is 0 Å². The fourth-order valence-electron chi connectivity index (χ4n) is 2.37. The monoisotopic (exact) mass is 219 g/mol. The first kappa shape index (κ1) is 11.5. The van der Waals surface area contributed by atoms with Crippen LogP contribution in [0.25, 0.3) is 0 Å². The second-order valence-electron chi connectivity index (χ2n) is 5.10. The predicted molar refractivity (Wildman–Crippen MR) is 67.8 cm³/mol. The SMILES string of the molecule is CC(C)C(O)c1ccc2c(c1)CCCN2C. The fourth-order valence-corrected chi connectivity index (χ4v) is 2.37. The summed E-state index contributed by atoms with van der Waals surface area (Å²) in [5.74, 6) is 0.277. The Kier molecular flexibility index (Phi) is 3.20. The molecule has 2 nitrogen and oxygen atoms in total. The lowest BCUT2D eigenvalue weighted by Crippen LogP contribution is -2.24. The van der Waals surface area contributed by atoms with Crippen molar-refractivity contribution in [2.45, 2.75) is 32.8 Å². The Balaban J connectivity index is 2.32. The van der Waals surface area contributed by atoms with Crippen LogP contribution in [0.1, 0.15) is 37.5 Å². The minimum absolute atomic E-state index is 0.277. The van der Waals surface area contributed by atoms with Crippen LogP contribution in [-0.2, 0) is 6.42 Å². The molecule has 1 unspecified atom stereocenters. The van der Waals surface area contributed by atoms with Crippen molar-refractivity contribution >= 4 is 5.69 Å². The van der Waals surface area contributed by atoms with Crippen molar-refractivity contribution in [2.75, 3.05) is 18.5 Å². The molecule has 1 aliphatic heterocycles. The van der Waals surface area contributed by atoms with Crippen LogP contribution < -0.4 is 4.90 Å². The number of hydrogen-bond acceptors (Lipinski definition) is 2. The van der Waals surface area contributed by atoms with Crippen LogP contribution >= 0.6 is 0 Å². The Morgan fingerprint density at radius 2 is 2.06 bits per heavy atom. The molecule has 0 spiro atoms. The molecular weight excluding hydrogens is 198 g/mol. The van der Waals surface area contributed by atoms with E-state index in [1.54, 1.807) is 0 Å². The Labute approximate surface area is 97.9 Å². The molecule has 2 rings (SSSR count). The standard InChI is InChI=1S/C14H21NO/c1-10(2)14(16)12-6-7-13-11(9-12)5-4-8-15(13)3/h6-7,9-10,14,16H,4-5,8H2,1-3H3. The van der Waals surface area contributed by atoms with Gasteiger partial charge >= 0.3 is 0 Å². The lowest BCUT2D eigenvalue weighted by Gasteiger charge is -2.28. The molecule has 0 saturated heterocycles. The van der Waals surface area contributed by atoms with Gasteiger partial charge in [0.25, 0.3) is 0 Å². The van der Waals surface area contributed by atoms with Crippen molar-refractivity contribution in [1.82, 2.24) is 0 Å². The van der Waals surface area contributed by atoms with E-state index in [9.17, 15) is 5.11 Å². The van der Waals surface area contributed by atoms with Gasteiger partial charge < -0.3 is 10.0 Å². The molecule has 0 aliphatic carbocycles. The molecule has 16 heavy (non-hydrogen) atoms. The van der Waals surface area contributed by atoms with Crippen LogP contribution in [0.5, 0.6) is 0 Å². The second kappa shape index (κ2) is 4.46. The normalized spacial score (nSPS) is 17.4. The van der Waals surface area contributed by atoms with Gasteiger partial charge in [0.05, 0.1) is 6.10 Å². The van der Waals surface area contributed by atoms with Gasteiger partial charge in [-0.2, -0.15) is 0 Å². The van der Waals surface area contributed by atoms with Gasteiger partial charge in [-0.3, -0.25) is 0 Å². The molecule has 0 radical (unpaired) electrons. The summed E-state index contributed by atoms with van der Waals surface area (Å²) in [5, 5.41) is 10.1. The first-order valence-electron chi connectivity index (χ1n) is 6.11. The van der Waals surface area contributed by atoms with E-state index in [1.807, 2.05) is 0 Å². The zero-order valence-corrected chi connectivity index (χ0v) is 10.4. The minimum Gasteiger partial charge on any atom is -0.388 e. The number of anilines is 1. The first-order chi connectivity index (χ1) is 7.59. The van der Waals surface area contributed by atoms with Crippen LogP contribution in [0.3, 0.4) is 0 Å². The molecule has 1 atom stereocenters. The van der Waals surface area contributed by atoms with E-state index in [0.717, 1.165) is 18.5 Å². The molecular formula is C14H21NO.